The van der Waals surface area contributed by atoms with Crippen LogP contribution < -0.4 is 10.9 Å². The zero-order valence-electron chi connectivity index (χ0n) is 14.9. The smallest absolute Gasteiger partial charge is 0.262 e. The molecule has 0 saturated carbocycles. The first-order valence-electron chi connectivity index (χ1n) is 8.49. The summed E-state index contributed by atoms with van der Waals surface area (Å²) in [6.45, 7) is 1.75. The van der Waals surface area contributed by atoms with Crippen LogP contribution in [-0.2, 0) is 4.79 Å². The summed E-state index contributed by atoms with van der Waals surface area (Å²) in [7, 11) is 0. The third-order valence-corrected chi connectivity index (χ3v) is 4.76. The molecule has 0 aliphatic carbocycles. The highest BCUT2D eigenvalue weighted by molar-refractivity contribution is 7.99. The van der Waals surface area contributed by atoms with Gasteiger partial charge in [0.05, 0.1) is 11.9 Å². The van der Waals surface area contributed by atoms with Crippen molar-refractivity contribution >= 4 is 34.5 Å². The number of benzene rings is 1. The summed E-state index contributed by atoms with van der Waals surface area (Å²) in [5.74, 6) is 1.25. The molecule has 4 rings (SSSR count). The average Bonchev–Trinajstić information content (AvgIpc) is 3.29. The maximum atomic E-state index is 12.3. The SMILES string of the molecule is Cc1cc(NC(=O)CCSc2nc3c(cnn3-c3ccccc3)c(=O)[nH]2)no1. The van der Waals surface area contributed by atoms with E-state index < -0.39 is 0 Å². The van der Waals surface area contributed by atoms with Crippen LogP contribution in [-0.4, -0.2) is 36.6 Å². The van der Waals surface area contributed by atoms with E-state index in [-0.39, 0.29) is 17.9 Å². The Hall–Kier alpha value is -3.40. The number of amides is 1. The van der Waals surface area contributed by atoms with Gasteiger partial charge >= 0.3 is 0 Å². The van der Waals surface area contributed by atoms with Crippen molar-refractivity contribution in [2.45, 2.75) is 18.5 Å². The monoisotopic (exact) mass is 396 g/mol. The van der Waals surface area contributed by atoms with E-state index in [0.717, 1.165) is 5.69 Å². The lowest BCUT2D eigenvalue weighted by atomic mass is 10.3. The van der Waals surface area contributed by atoms with Crippen LogP contribution in [0.5, 0.6) is 0 Å². The first-order chi connectivity index (χ1) is 13.6. The molecule has 4 aromatic rings. The van der Waals surface area contributed by atoms with E-state index in [9.17, 15) is 9.59 Å². The predicted octanol–water partition coefficient (Wildman–Crippen LogP) is 2.53. The average molecular weight is 396 g/mol. The minimum absolute atomic E-state index is 0.196. The summed E-state index contributed by atoms with van der Waals surface area (Å²) in [6.07, 6.45) is 1.73. The molecule has 3 heterocycles. The maximum Gasteiger partial charge on any atom is 0.262 e. The third-order valence-electron chi connectivity index (χ3n) is 3.88. The van der Waals surface area contributed by atoms with Crippen LogP contribution in [0.25, 0.3) is 16.7 Å². The largest absolute Gasteiger partial charge is 0.360 e. The fourth-order valence-electron chi connectivity index (χ4n) is 2.60. The van der Waals surface area contributed by atoms with Crippen molar-refractivity contribution in [3.8, 4) is 5.69 Å². The lowest BCUT2D eigenvalue weighted by Gasteiger charge is -2.04. The molecule has 1 amide bonds. The van der Waals surface area contributed by atoms with Gasteiger partial charge in [0.25, 0.3) is 5.56 Å². The Balaban J connectivity index is 1.47. The number of thioether (sulfide) groups is 1. The number of para-hydroxylation sites is 1. The standard InChI is InChI=1S/C18H16N6O3S/c1-11-9-14(23-27-11)20-15(25)7-8-28-18-21-16-13(17(26)22-18)10-19-24(16)12-5-3-2-4-6-12/h2-6,9-10H,7-8H2,1H3,(H,20,23,25)(H,21,22,26). The van der Waals surface area contributed by atoms with Crippen molar-refractivity contribution in [3.63, 3.8) is 0 Å². The third kappa shape index (κ3) is 3.81. The molecule has 142 valence electrons. The Morgan fingerprint density at radius 1 is 1.32 bits per heavy atom. The molecule has 0 unspecified atom stereocenters. The number of fused-ring (bicyclic) bond motifs is 1. The van der Waals surface area contributed by atoms with Crippen molar-refractivity contribution in [1.29, 1.82) is 0 Å². The summed E-state index contributed by atoms with van der Waals surface area (Å²) >= 11 is 1.29. The molecule has 0 radical (unpaired) electrons. The maximum absolute atomic E-state index is 12.3. The number of hydrogen-bond donors (Lipinski definition) is 2. The number of aryl methyl sites for hydroxylation is 1. The van der Waals surface area contributed by atoms with Gasteiger partial charge in [0.1, 0.15) is 11.1 Å². The molecule has 0 spiro atoms. The van der Waals surface area contributed by atoms with Crippen LogP contribution >= 0.6 is 11.8 Å². The summed E-state index contributed by atoms with van der Waals surface area (Å²) in [4.78, 5) is 31.5. The number of H-pyrrole nitrogens is 1. The van der Waals surface area contributed by atoms with Crippen LogP contribution in [0.15, 0.2) is 57.1 Å². The molecule has 0 aliphatic rings. The second kappa shape index (κ2) is 7.69. The minimum atomic E-state index is -0.266. The zero-order chi connectivity index (χ0) is 19.5. The molecule has 0 aliphatic heterocycles. The van der Waals surface area contributed by atoms with Gasteiger partial charge in [0, 0.05) is 18.2 Å². The fourth-order valence-corrected chi connectivity index (χ4v) is 3.39. The Morgan fingerprint density at radius 2 is 2.14 bits per heavy atom. The molecule has 0 fully saturated rings. The summed E-state index contributed by atoms with van der Waals surface area (Å²) in [5, 5.41) is 11.5. The van der Waals surface area contributed by atoms with Gasteiger partial charge in [0.2, 0.25) is 5.91 Å². The van der Waals surface area contributed by atoms with Crippen molar-refractivity contribution in [2.24, 2.45) is 0 Å². The second-order valence-corrected chi connectivity index (χ2v) is 7.05. The van der Waals surface area contributed by atoms with Gasteiger partial charge in [-0.3, -0.25) is 9.59 Å². The summed E-state index contributed by atoms with van der Waals surface area (Å²) in [6, 6.07) is 11.1. The quantitative estimate of drug-likeness (QED) is 0.380. The van der Waals surface area contributed by atoms with E-state index in [1.807, 2.05) is 30.3 Å². The van der Waals surface area contributed by atoms with Crippen LogP contribution in [0.2, 0.25) is 0 Å². The van der Waals surface area contributed by atoms with Crippen molar-refractivity contribution < 1.29 is 9.32 Å². The number of hydrogen-bond acceptors (Lipinski definition) is 7. The summed E-state index contributed by atoms with van der Waals surface area (Å²) in [5.41, 5.74) is 1.02. The molecule has 0 saturated heterocycles. The van der Waals surface area contributed by atoms with Crippen molar-refractivity contribution in [1.82, 2.24) is 24.9 Å². The Kier molecular flexibility index (Phi) is 4.94. The second-order valence-electron chi connectivity index (χ2n) is 5.97. The highest BCUT2D eigenvalue weighted by Gasteiger charge is 2.12. The molecular weight excluding hydrogens is 380 g/mol. The highest BCUT2D eigenvalue weighted by atomic mass is 32.2. The van der Waals surface area contributed by atoms with Crippen LogP contribution in [0.3, 0.4) is 0 Å². The van der Waals surface area contributed by atoms with Gasteiger partial charge in [-0.05, 0) is 19.1 Å². The molecule has 0 bridgehead atoms. The Labute approximate surface area is 163 Å². The minimum Gasteiger partial charge on any atom is -0.360 e. The first-order valence-corrected chi connectivity index (χ1v) is 9.48. The molecule has 0 atom stereocenters. The van der Waals surface area contributed by atoms with Crippen LogP contribution in [0, 0.1) is 6.92 Å². The predicted molar refractivity (Wildman–Crippen MR) is 105 cm³/mol. The van der Waals surface area contributed by atoms with E-state index in [4.69, 9.17) is 4.52 Å². The molecule has 2 N–H and O–H groups in total. The van der Waals surface area contributed by atoms with Crippen molar-refractivity contribution in [3.05, 3.63) is 58.7 Å². The van der Waals surface area contributed by atoms with E-state index in [1.165, 1.54) is 18.0 Å². The first kappa shape index (κ1) is 18.0. The summed E-state index contributed by atoms with van der Waals surface area (Å²) < 4.78 is 6.52. The van der Waals surface area contributed by atoms with E-state index in [1.54, 1.807) is 17.7 Å². The van der Waals surface area contributed by atoms with Gasteiger partial charge in [-0.15, -0.1) is 0 Å². The lowest BCUT2D eigenvalue weighted by molar-refractivity contribution is -0.115. The topological polar surface area (TPSA) is 119 Å². The number of rotatable bonds is 6. The molecule has 10 heteroatoms. The number of nitrogens with zero attached hydrogens (tertiary/aromatic N) is 4. The fraction of sp³-hybridized carbons (Fsp3) is 0.167. The molecule has 28 heavy (non-hydrogen) atoms. The number of carbonyl (C=O) groups is 1. The van der Waals surface area contributed by atoms with Crippen LogP contribution in [0.4, 0.5) is 5.82 Å². The zero-order valence-corrected chi connectivity index (χ0v) is 15.7. The van der Waals surface area contributed by atoms with Gasteiger partial charge in [-0.25, -0.2) is 9.67 Å². The van der Waals surface area contributed by atoms with E-state index in [2.05, 4.69) is 25.5 Å². The molecule has 3 aromatic heterocycles. The van der Waals surface area contributed by atoms with Gasteiger partial charge < -0.3 is 14.8 Å². The van der Waals surface area contributed by atoms with Crippen LogP contribution in [0.1, 0.15) is 12.2 Å². The number of nitrogens with one attached hydrogen (secondary N) is 2. The Bertz CT molecular complexity index is 1180. The van der Waals surface area contributed by atoms with Crippen molar-refractivity contribution in [2.75, 3.05) is 11.1 Å². The molecular formula is C18H16N6O3S. The number of carbonyl (C=O) groups excluding carboxylic acids is 1. The lowest BCUT2D eigenvalue weighted by Crippen LogP contribution is -2.13. The molecule has 1 aromatic carbocycles. The van der Waals surface area contributed by atoms with E-state index in [0.29, 0.717) is 33.5 Å². The van der Waals surface area contributed by atoms with E-state index >= 15 is 0 Å². The number of aromatic amines is 1. The number of anilines is 1. The number of aromatic nitrogens is 5. The van der Waals surface area contributed by atoms with Gasteiger partial charge in [-0.1, -0.05) is 35.1 Å². The van der Waals surface area contributed by atoms with Gasteiger partial charge in [0.15, 0.2) is 16.6 Å². The van der Waals surface area contributed by atoms with Gasteiger partial charge in [-0.2, -0.15) is 5.10 Å². The Morgan fingerprint density at radius 3 is 2.89 bits per heavy atom. The highest BCUT2D eigenvalue weighted by Crippen LogP contribution is 2.18. The molecule has 9 nitrogen and oxygen atoms in total. The normalized spacial score (nSPS) is 11.0.